The second-order valence-corrected chi connectivity index (χ2v) is 4.38. The fraction of sp³-hybridized carbons (Fsp3) is 0.286. The van der Waals surface area contributed by atoms with Gasteiger partial charge in [0.2, 0.25) is 0 Å². The smallest absolute Gasteiger partial charge is 0.170 e. The van der Waals surface area contributed by atoms with E-state index in [4.69, 9.17) is 4.74 Å². The maximum atomic E-state index is 10.8. The van der Waals surface area contributed by atoms with Crippen LogP contribution in [0, 0.1) is 0 Å². The van der Waals surface area contributed by atoms with Gasteiger partial charge in [-0.2, -0.15) is 5.10 Å². The number of carbonyl (C=O) groups is 1. The van der Waals surface area contributed by atoms with Gasteiger partial charge in [-0.1, -0.05) is 13.8 Å². The quantitative estimate of drug-likeness (QED) is 0.777. The molecular weight excluding hydrogens is 228 g/mol. The Bertz CT molecular complexity index is 541. The summed E-state index contributed by atoms with van der Waals surface area (Å²) in [6.07, 6.45) is 0.770. The second-order valence-electron chi connectivity index (χ2n) is 4.38. The lowest BCUT2D eigenvalue weighted by atomic mass is 10.1. The Morgan fingerprint density at radius 3 is 2.44 bits per heavy atom. The van der Waals surface area contributed by atoms with Crippen LogP contribution in [0.5, 0.6) is 5.75 Å². The van der Waals surface area contributed by atoms with Crippen molar-refractivity contribution >= 4 is 6.29 Å². The predicted molar refractivity (Wildman–Crippen MR) is 69.6 cm³/mol. The van der Waals surface area contributed by atoms with E-state index in [0.29, 0.717) is 11.6 Å². The number of carbonyl (C=O) groups excluding carboxylic acids is 1. The zero-order chi connectivity index (χ0) is 13.1. The maximum absolute atomic E-state index is 10.8. The fourth-order valence-electron chi connectivity index (χ4n) is 1.81. The van der Waals surface area contributed by atoms with Crippen LogP contribution in [0.2, 0.25) is 0 Å². The molecule has 0 unspecified atom stereocenters. The lowest BCUT2D eigenvalue weighted by molar-refractivity contribution is 0.111. The van der Waals surface area contributed by atoms with Gasteiger partial charge in [-0.15, -0.1) is 0 Å². The zero-order valence-corrected chi connectivity index (χ0v) is 10.8. The number of hydrogen-bond acceptors (Lipinski definition) is 3. The summed E-state index contributed by atoms with van der Waals surface area (Å²) >= 11 is 0. The van der Waals surface area contributed by atoms with Gasteiger partial charge >= 0.3 is 0 Å². The number of benzene rings is 1. The van der Waals surface area contributed by atoms with Gasteiger partial charge < -0.3 is 4.74 Å². The molecule has 0 aliphatic rings. The molecule has 0 spiro atoms. The molecule has 0 aliphatic heterocycles. The van der Waals surface area contributed by atoms with Gasteiger partial charge in [-0.3, -0.25) is 4.79 Å². The van der Waals surface area contributed by atoms with E-state index in [1.807, 2.05) is 30.3 Å². The van der Waals surface area contributed by atoms with Crippen molar-refractivity contribution in [1.29, 1.82) is 0 Å². The average molecular weight is 244 g/mol. The molecule has 4 nitrogen and oxygen atoms in total. The van der Waals surface area contributed by atoms with Gasteiger partial charge in [-0.05, 0) is 36.2 Å². The SMILES string of the molecule is COc1ccc(-n2nc(C=O)cc2C(C)C)cc1. The van der Waals surface area contributed by atoms with E-state index < -0.39 is 0 Å². The number of nitrogens with zero attached hydrogens (tertiary/aromatic N) is 2. The first-order chi connectivity index (χ1) is 8.65. The molecule has 0 amide bonds. The first kappa shape index (κ1) is 12.4. The summed E-state index contributed by atoms with van der Waals surface area (Å²) in [6.45, 7) is 4.15. The van der Waals surface area contributed by atoms with Crippen molar-refractivity contribution in [2.24, 2.45) is 0 Å². The molecule has 2 aromatic rings. The second kappa shape index (κ2) is 5.04. The van der Waals surface area contributed by atoms with Crippen LogP contribution >= 0.6 is 0 Å². The molecule has 0 bridgehead atoms. The lowest BCUT2D eigenvalue weighted by Gasteiger charge is -2.10. The van der Waals surface area contributed by atoms with Crippen LogP contribution in [0.15, 0.2) is 30.3 Å². The van der Waals surface area contributed by atoms with Crippen molar-refractivity contribution in [2.75, 3.05) is 7.11 Å². The van der Waals surface area contributed by atoms with Crippen molar-refractivity contribution in [1.82, 2.24) is 9.78 Å². The fourth-order valence-corrected chi connectivity index (χ4v) is 1.81. The molecule has 0 saturated heterocycles. The summed E-state index contributed by atoms with van der Waals surface area (Å²) in [5, 5.41) is 4.28. The van der Waals surface area contributed by atoms with Crippen LogP contribution in [0.25, 0.3) is 5.69 Å². The highest BCUT2D eigenvalue weighted by molar-refractivity contribution is 5.72. The molecule has 0 N–H and O–H groups in total. The third-order valence-corrected chi connectivity index (χ3v) is 2.79. The van der Waals surface area contributed by atoms with Crippen molar-refractivity contribution in [2.45, 2.75) is 19.8 Å². The minimum absolute atomic E-state index is 0.299. The molecule has 0 atom stereocenters. The third kappa shape index (κ3) is 2.27. The molecule has 1 aromatic carbocycles. The van der Waals surface area contributed by atoms with E-state index in [1.54, 1.807) is 11.8 Å². The summed E-state index contributed by atoms with van der Waals surface area (Å²) in [6, 6.07) is 9.42. The summed E-state index contributed by atoms with van der Waals surface area (Å²) in [4.78, 5) is 10.8. The number of aldehydes is 1. The minimum Gasteiger partial charge on any atom is -0.497 e. The minimum atomic E-state index is 0.299. The van der Waals surface area contributed by atoms with E-state index >= 15 is 0 Å². The highest BCUT2D eigenvalue weighted by Gasteiger charge is 2.12. The predicted octanol–water partition coefficient (Wildman–Crippen LogP) is 2.82. The topological polar surface area (TPSA) is 44.1 Å². The van der Waals surface area contributed by atoms with Gasteiger partial charge in [0.1, 0.15) is 11.4 Å². The monoisotopic (exact) mass is 244 g/mol. The van der Waals surface area contributed by atoms with Crippen molar-refractivity contribution in [3.05, 3.63) is 41.7 Å². The van der Waals surface area contributed by atoms with Crippen LogP contribution in [-0.2, 0) is 0 Å². The van der Waals surface area contributed by atoms with Gasteiger partial charge in [-0.25, -0.2) is 4.68 Å². The highest BCUT2D eigenvalue weighted by atomic mass is 16.5. The molecule has 18 heavy (non-hydrogen) atoms. The molecule has 0 aliphatic carbocycles. The van der Waals surface area contributed by atoms with E-state index in [0.717, 1.165) is 23.4 Å². The van der Waals surface area contributed by atoms with E-state index in [2.05, 4.69) is 18.9 Å². The Morgan fingerprint density at radius 1 is 1.28 bits per heavy atom. The molecular formula is C14H16N2O2. The molecule has 0 fully saturated rings. The first-order valence-corrected chi connectivity index (χ1v) is 5.85. The number of methoxy groups -OCH3 is 1. The zero-order valence-electron chi connectivity index (χ0n) is 10.8. The molecule has 4 heteroatoms. The molecule has 1 heterocycles. The van der Waals surface area contributed by atoms with Crippen LogP contribution in [0.3, 0.4) is 0 Å². The van der Waals surface area contributed by atoms with Gasteiger partial charge in [0.25, 0.3) is 0 Å². The van der Waals surface area contributed by atoms with Gasteiger partial charge in [0, 0.05) is 5.69 Å². The molecule has 0 saturated carbocycles. The van der Waals surface area contributed by atoms with Gasteiger partial charge in [0.15, 0.2) is 6.29 Å². The van der Waals surface area contributed by atoms with Crippen LogP contribution in [0.4, 0.5) is 0 Å². The van der Waals surface area contributed by atoms with Crippen LogP contribution in [0.1, 0.15) is 35.9 Å². The molecule has 0 radical (unpaired) electrons. The number of rotatable bonds is 4. The molecule has 1 aromatic heterocycles. The Hall–Kier alpha value is -2.10. The van der Waals surface area contributed by atoms with E-state index in [9.17, 15) is 4.79 Å². The van der Waals surface area contributed by atoms with E-state index in [-0.39, 0.29) is 0 Å². The molecule has 2 rings (SSSR count). The largest absolute Gasteiger partial charge is 0.497 e. The Morgan fingerprint density at radius 2 is 1.94 bits per heavy atom. The van der Waals surface area contributed by atoms with Crippen LogP contribution in [-0.4, -0.2) is 23.2 Å². The molecule has 94 valence electrons. The Kier molecular flexibility index (Phi) is 3.46. The average Bonchev–Trinajstić information content (AvgIpc) is 2.83. The third-order valence-electron chi connectivity index (χ3n) is 2.79. The van der Waals surface area contributed by atoms with E-state index in [1.165, 1.54) is 0 Å². The van der Waals surface area contributed by atoms with Crippen molar-refractivity contribution in [3.8, 4) is 11.4 Å². The highest BCUT2D eigenvalue weighted by Crippen LogP contribution is 2.21. The Balaban J connectivity index is 2.47. The standard InChI is InChI=1S/C14H16N2O2/c1-10(2)14-8-11(9-17)15-16(14)12-4-6-13(18-3)7-5-12/h4-10H,1-3H3. The maximum Gasteiger partial charge on any atom is 0.170 e. The van der Waals surface area contributed by atoms with Crippen molar-refractivity contribution in [3.63, 3.8) is 0 Å². The number of ether oxygens (including phenoxy) is 1. The summed E-state index contributed by atoms with van der Waals surface area (Å²) in [5.74, 6) is 1.10. The van der Waals surface area contributed by atoms with Crippen LogP contribution < -0.4 is 4.74 Å². The van der Waals surface area contributed by atoms with Crippen molar-refractivity contribution < 1.29 is 9.53 Å². The summed E-state index contributed by atoms with van der Waals surface area (Å²) < 4.78 is 6.92. The number of hydrogen-bond donors (Lipinski definition) is 0. The van der Waals surface area contributed by atoms with Gasteiger partial charge in [0.05, 0.1) is 12.8 Å². The summed E-state index contributed by atoms with van der Waals surface area (Å²) in [5.41, 5.74) is 2.39. The summed E-state index contributed by atoms with van der Waals surface area (Å²) in [7, 11) is 1.63. The lowest BCUT2D eigenvalue weighted by Crippen LogP contribution is -2.03. The number of aromatic nitrogens is 2. The Labute approximate surface area is 106 Å². The normalized spacial score (nSPS) is 10.7. The first-order valence-electron chi connectivity index (χ1n) is 5.85.